The van der Waals surface area contributed by atoms with Crippen LogP contribution in [0, 0.1) is 0 Å². The standard InChI is InChI=1S/2C14H31N.C3H6Cl2O/c2*1-4-5-6-7-8-9-10-11-12-13-14-15(2)3;4-1-3(6)2-5/h2*4-14H2,1-3H3;3,6H,1-2H2. The van der Waals surface area contributed by atoms with Crippen LogP contribution in [0.1, 0.15) is 142 Å². The molecule has 0 aliphatic heterocycles. The average Bonchev–Trinajstić information content (AvgIpc) is 2.86. The molecule has 0 aromatic carbocycles. The van der Waals surface area contributed by atoms with Crippen LogP contribution in [0.5, 0.6) is 0 Å². The molecule has 0 amide bonds. The summed E-state index contributed by atoms with van der Waals surface area (Å²) in [5.41, 5.74) is 0. The highest BCUT2D eigenvalue weighted by Gasteiger charge is 1.95. The summed E-state index contributed by atoms with van der Waals surface area (Å²) in [6.45, 7) is 7.09. The first-order valence-corrected chi connectivity index (χ1v) is 16.5. The summed E-state index contributed by atoms with van der Waals surface area (Å²) in [5.74, 6) is 0.451. The van der Waals surface area contributed by atoms with E-state index < -0.39 is 6.10 Å². The zero-order chi connectivity index (χ0) is 27.7. The lowest BCUT2D eigenvalue weighted by Gasteiger charge is -2.08. The van der Waals surface area contributed by atoms with Crippen molar-refractivity contribution in [1.29, 1.82) is 0 Å². The Morgan fingerprint density at radius 1 is 0.444 bits per heavy atom. The zero-order valence-corrected chi connectivity index (χ0v) is 27.2. The second-order valence-corrected chi connectivity index (χ2v) is 11.6. The van der Waals surface area contributed by atoms with E-state index in [9.17, 15) is 0 Å². The van der Waals surface area contributed by atoms with E-state index in [1.54, 1.807) is 0 Å². The smallest absolute Gasteiger partial charge is 0.0810 e. The highest BCUT2D eigenvalue weighted by Crippen LogP contribution is 2.11. The van der Waals surface area contributed by atoms with Crippen LogP contribution in [0.3, 0.4) is 0 Å². The van der Waals surface area contributed by atoms with Crippen molar-refractivity contribution in [2.24, 2.45) is 0 Å². The third-order valence-electron chi connectivity index (χ3n) is 6.27. The summed E-state index contributed by atoms with van der Waals surface area (Å²) in [5, 5.41) is 8.40. The van der Waals surface area contributed by atoms with Gasteiger partial charge in [-0.2, -0.15) is 0 Å². The topological polar surface area (TPSA) is 26.7 Å². The molecule has 0 unspecified atom stereocenters. The van der Waals surface area contributed by atoms with Crippen LogP contribution in [-0.4, -0.2) is 74.1 Å². The molecule has 0 radical (unpaired) electrons. The van der Waals surface area contributed by atoms with Gasteiger partial charge < -0.3 is 14.9 Å². The molecule has 5 heteroatoms. The molecule has 1 N–H and O–H groups in total. The molecule has 0 aliphatic rings. The van der Waals surface area contributed by atoms with E-state index in [0.717, 1.165) is 0 Å². The maximum Gasteiger partial charge on any atom is 0.0810 e. The number of rotatable bonds is 24. The lowest BCUT2D eigenvalue weighted by molar-refractivity contribution is 0.222. The Morgan fingerprint density at radius 2 is 0.667 bits per heavy atom. The molecule has 36 heavy (non-hydrogen) atoms. The fraction of sp³-hybridized carbons (Fsp3) is 1.00. The molecule has 3 nitrogen and oxygen atoms in total. The minimum absolute atomic E-state index is 0.226. The van der Waals surface area contributed by atoms with Gasteiger partial charge in [0, 0.05) is 11.8 Å². The van der Waals surface area contributed by atoms with Crippen LogP contribution >= 0.6 is 23.2 Å². The first kappa shape index (κ1) is 40.9. The molecule has 0 aromatic heterocycles. The Bertz CT molecular complexity index is 325. The second kappa shape index (κ2) is 37.6. The Labute approximate surface area is 239 Å². The van der Waals surface area contributed by atoms with Crippen molar-refractivity contribution in [3.05, 3.63) is 0 Å². The molecule has 0 aromatic rings. The van der Waals surface area contributed by atoms with Gasteiger partial charge in [0.1, 0.15) is 0 Å². The Morgan fingerprint density at radius 3 is 0.833 bits per heavy atom. The quantitative estimate of drug-likeness (QED) is 0.0948. The van der Waals surface area contributed by atoms with Gasteiger partial charge in [-0.25, -0.2) is 0 Å². The van der Waals surface area contributed by atoms with Gasteiger partial charge >= 0.3 is 0 Å². The summed E-state index contributed by atoms with van der Waals surface area (Å²) in [6.07, 6.45) is 28.2. The van der Waals surface area contributed by atoms with E-state index in [-0.39, 0.29) is 11.8 Å². The summed E-state index contributed by atoms with van der Waals surface area (Å²) < 4.78 is 0. The van der Waals surface area contributed by atoms with Gasteiger partial charge in [0.15, 0.2) is 0 Å². The van der Waals surface area contributed by atoms with Crippen LogP contribution in [0.2, 0.25) is 0 Å². The van der Waals surface area contributed by atoms with E-state index >= 15 is 0 Å². The molecule has 0 atom stereocenters. The largest absolute Gasteiger partial charge is 0.391 e. The van der Waals surface area contributed by atoms with Crippen molar-refractivity contribution >= 4 is 23.2 Å². The van der Waals surface area contributed by atoms with Crippen molar-refractivity contribution in [3.8, 4) is 0 Å². The summed E-state index contributed by atoms with van der Waals surface area (Å²) in [4.78, 5) is 4.56. The SMILES string of the molecule is CCCCCCCCCCCCN(C)C.CCCCCCCCCCCCN(C)C.OC(CCl)CCl. The predicted molar refractivity (Wildman–Crippen MR) is 168 cm³/mol. The Hall–Kier alpha value is 0.460. The zero-order valence-electron chi connectivity index (χ0n) is 25.6. The van der Waals surface area contributed by atoms with Crippen molar-refractivity contribution in [3.63, 3.8) is 0 Å². The summed E-state index contributed by atoms with van der Waals surface area (Å²) in [7, 11) is 8.64. The molecule has 0 rings (SSSR count). The summed E-state index contributed by atoms with van der Waals surface area (Å²) in [6, 6.07) is 0. The van der Waals surface area contributed by atoms with Crippen LogP contribution < -0.4 is 0 Å². The highest BCUT2D eigenvalue weighted by molar-refractivity contribution is 6.21. The lowest BCUT2D eigenvalue weighted by atomic mass is 10.1. The molecule has 0 bridgehead atoms. The van der Waals surface area contributed by atoms with Crippen LogP contribution in [0.25, 0.3) is 0 Å². The molecule has 222 valence electrons. The van der Waals surface area contributed by atoms with E-state index in [0.29, 0.717) is 0 Å². The number of nitrogens with zero attached hydrogens (tertiary/aromatic N) is 2. The minimum atomic E-state index is -0.534. The van der Waals surface area contributed by atoms with Crippen molar-refractivity contribution in [2.45, 2.75) is 148 Å². The number of aliphatic hydroxyl groups is 1. The van der Waals surface area contributed by atoms with Gasteiger partial charge in [0.05, 0.1) is 6.10 Å². The second-order valence-electron chi connectivity index (χ2n) is 10.9. The number of unbranched alkanes of at least 4 members (excludes halogenated alkanes) is 18. The van der Waals surface area contributed by atoms with Gasteiger partial charge in [-0.05, 0) is 54.1 Å². The van der Waals surface area contributed by atoms with Gasteiger partial charge in [-0.15, -0.1) is 23.2 Å². The van der Waals surface area contributed by atoms with Gasteiger partial charge in [-0.1, -0.05) is 129 Å². The third kappa shape index (κ3) is 47.6. The van der Waals surface area contributed by atoms with E-state index in [1.807, 2.05) is 0 Å². The normalized spacial score (nSPS) is 11.0. The molecule has 0 saturated carbocycles. The van der Waals surface area contributed by atoms with Crippen LogP contribution in [-0.2, 0) is 0 Å². The third-order valence-corrected chi connectivity index (χ3v) is 6.99. The number of halogens is 2. The molecule has 0 saturated heterocycles. The minimum Gasteiger partial charge on any atom is -0.391 e. The lowest BCUT2D eigenvalue weighted by Crippen LogP contribution is -2.12. The van der Waals surface area contributed by atoms with E-state index in [2.05, 4.69) is 51.8 Å². The first-order chi connectivity index (χ1) is 17.3. The van der Waals surface area contributed by atoms with Crippen molar-refractivity contribution < 1.29 is 5.11 Å². The van der Waals surface area contributed by atoms with E-state index in [4.69, 9.17) is 28.3 Å². The number of hydrogen-bond donors (Lipinski definition) is 1. The number of hydrogen-bond acceptors (Lipinski definition) is 3. The first-order valence-electron chi connectivity index (χ1n) is 15.4. The molecule has 0 heterocycles. The molecule has 0 spiro atoms. The highest BCUT2D eigenvalue weighted by atomic mass is 35.5. The van der Waals surface area contributed by atoms with Crippen LogP contribution in [0.4, 0.5) is 0 Å². The Kier molecular flexibility index (Phi) is 42.8. The van der Waals surface area contributed by atoms with Gasteiger partial charge in [-0.3, -0.25) is 0 Å². The maximum atomic E-state index is 8.40. The monoisotopic (exact) mass is 554 g/mol. The fourth-order valence-corrected chi connectivity index (χ4v) is 4.20. The summed E-state index contributed by atoms with van der Waals surface area (Å²) >= 11 is 10.2. The van der Waals surface area contributed by atoms with Crippen molar-refractivity contribution in [2.75, 3.05) is 53.0 Å². The molecule has 0 fully saturated rings. The molecular weight excluding hydrogens is 487 g/mol. The van der Waals surface area contributed by atoms with Gasteiger partial charge in [0.25, 0.3) is 0 Å². The van der Waals surface area contributed by atoms with Gasteiger partial charge in [0.2, 0.25) is 0 Å². The number of alkyl halides is 2. The Balaban J connectivity index is -0.000000495. The predicted octanol–water partition coefficient (Wildman–Crippen LogP) is 9.76. The maximum absolute atomic E-state index is 8.40. The molecule has 0 aliphatic carbocycles. The number of aliphatic hydroxyl groups excluding tert-OH is 1. The van der Waals surface area contributed by atoms with Crippen molar-refractivity contribution in [1.82, 2.24) is 9.80 Å². The molecular formula is C31H68Cl2N2O. The van der Waals surface area contributed by atoms with E-state index in [1.165, 1.54) is 142 Å². The average molecular weight is 556 g/mol. The fourth-order valence-electron chi connectivity index (χ4n) is 3.87. The van der Waals surface area contributed by atoms with Crippen LogP contribution in [0.15, 0.2) is 0 Å².